The van der Waals surface area contributed by atoms with Gasteiger partial charge in [-0.2, -0.15) is 0 Å². The molecule has 0 amide bonds. The van der Waals surface area contributed by atoms with Crippen molar-refractivity contribution < 1.29 is 38.8 Å². The quantitative estimate of drug-likeness (QED) is 0.247. The number of aliphatic hydroxyl groups excluding tert-OH is 1. The highest BCUT2D eigenvalue weighted by molar-refractivity contribution is 5.90. The lowest BCUT2D eigenvalue weighted by atomic mass is 9.42. The number of carboxylic acid groups (broad SMARTS) is 1. The summed E-state index contributed by atoms with van der Waals surface area (Å²) in [6, 6.07) is 0. The Kier molecular flexibility index (Phi) is 6.83. The molecule has 2 saturated carbocycles. The maximum Gasteiger partial charge on any atom is 0.317 e. The molecule has 2 saturated heterocycles. The van der Waals surface area contributed by atoms with Gasteiger partial charge in [0.1, 0.15) is 12.5 Å². The molecule has 8 nitrogen and oxygen atoms in total. The second-order valence-electron chi connectivity index (χ2n) is 15.9. The zero-order valence-electron chi connectivity index (χ0n) is 26.5. The fraction of sp³-hybridized carbons (Fsp3) is 0.853. The maximum atomic E-state index is 12.7. The third-order valence-electron chi connectivity index (χ3n) is 14.0. The number of aliphatic hydroxyl groups is 1. The van der Waals surface area contributed by atoms with Crippen LogP contribution in [0, 0.1) is 51.2 Å². The molecule has 0 aromatic heterocycles. The number of carbonyl (C=O) groups is 3. The number of carboxylic acids is 1. The fourth-order valence-electron chi connectivity index (χ4n) is 11.5. The summed E-state index contributed by atoms with van der Waals surface area (Å²) in [5.74, 6) is -2.43. The number of esters is 2. The van der Waals surface area contributed by atoms with Crippen molar-refractivity contribution in [3.8, 4) is 0 Å². The number of hydrogen-bond acceptors (Lipinski definition) is 7. The summed E-state index contributed by atoms with van der Waals surface area (Å²) in [6.07, 6.45) is 5.22. The maximum absolute atomic E-state index is 12.7. The molecule has 4 aliphatic carbocycles. The molecule has 0 radical (unpaired) electrons. The van der Waals surface area contributed by atoms with Gasteiger partial charge in [0.05, 0.1) is 18.6 Å². The molecule has 2 N–H and O–H groups in total. The van der Waals surface area contributed by atoms with Crippen LogP contribution in [-0.2, 0) is 28.6 Å². The molecule has 2 aliphatic heterocycles. The first-order valence-electron chi connectivity index (χ1n) is 16.2. The highest BCUT2D eigenvalue weighted by atomic mass is 16.7. The minimum absolute atomic E-state index is 0.0409. The average molecular weight is 587 g/mol. The smallest absolute Gasteiger partial charge is 0.317 e. The van der Waals surface area contributed by atoms with Gasteiger partial charge >= 0.3 is 17.9 Å². The standard InChI is InChI=1S/C34H50O8/c1-18-16-34(20(3)19(2)29(39)42-34)40-17-33-21(18)10-13-32(33,7)22-8-9-24-30(4,5)26(41-28(38)15-27(36)37)11-12-31(24,6)23(22)14-25(33)35/h18-21,24-26,35H,8-17H2,1-7H3,(H,36,37)/t18-,19+,20+,21-,24+,25-,26-,31-,32+,33+,34+/m1/s1. The van der Waals surface area contributed by atoms with E-state index in [1.54, 1.807) is 0 Å². The largest absolute Gasteiger partial charge is 0.481 e. The summed E-state index contributed by atoms with van der Waals surface area (Å²) < 4.78 is 18.6. The highest BCUT2D eigenvalue weighted by Gasteiger charge is 2.71. The predicted octanol–water partition coefficient (Wildman–Crippen LogP) is 5.65. The van der Waals surface area contributed by atoms with E-state index in [0.717, 1.165) is 32.1 Å². The Balaban J connectivity index is 1.35. The van der Waals surface area contributed by atoms with Crippen LogP contribution in [0.3, 0.4) is 0 Å². The summed E-state index contributed by atoms with van der Waals surface area (Å²) in [5.41, 5.74) is 1.77. The van der Waals surface area contributed by atoms with Gasteiger partial charge in [-0.3, -0.25) is 14.4 Å². The molecule has 11 atom stereocenters. The first-order chi connectivity index (χ1) is 19.5. The monoisotopic (exact) mass is 586 g/mol. The van der Waals surface area contributed by atoms with E-state index in [9.17, 15) is 19.5 Å². The van der Waals surface area contributed by atoms with Crippen molar-refractivity contribution in [2.75, 3.05) is 6.61 Å². The molecule has 2 heterocycles. The van der Waals surface area contributed by atoms with Crippen molar-refractivity contribution in [3.63, 3.8) is 0 Å². The zero-order valence-corrected chi connectivity index (χ0v) is 26.5. The van der Waals surface area contributed by atoms with Crippen molar-refractivity contribution >= 4 is 17.9 Å². The van der Waals surface area contributed by atoms with E-state index in [0.29, 0.717) is 25.9 Å². The van der Waals surface area contributed by atoms with Crippen LogP contribution >= 0.6 is 0 Å². The minimum atomic E-state index is -1.17. The fourth-order valence-corrected chi connectivity index (χ4v) is 11.5. The Morgan fingerprint density at radius 1 is 1.02 bits per heavy atom. The van der Waals surface area contributed by atoms with Gasteiger partial charge in [0, 0.05) is 23.2 Å². The molecule has 0 aromatic carbocycles. The van der Waals surface area contributed by atoms with Crippen molar-refractivity contribution in [2.24, 2.45) is 51.2 Å². The molecule has 234 valence electrons. The number of carbonyl (C=O) groups excluding carboxylic acids is 2. The van der Waals surface area contributed by atoms with Crippen LogP contribution in [0.1, 0.15) is 106 Å². The topological polar surface area (TPSA) is 119 Å². The van der Waals surface area contributed by atoms with E-state index in [1.165, 1.54) is 11.1 Å². The molecular formula is C34H50O8. The average Bonchev–Trinajstić information content (AvgIpc) is 3.27. The summed E-state index contributed by atoms with van der Waals surface area (Å²) in [6.45, 7) is 15.7. The molecule has 0 aromatic rings. The van der Waals surface area contributed by atoms with Crippen LogP contribution < -0.4 is 0 Å². The number of aliphatic carboxylic acids is 1. The Morgan fingerprint density at radius 2 is 1.74 bits per heavy atom. The first-order valence-corrected chi connectivity index (χ1v) is 16.2. The van der Waals surface area contributed by atoms with Gasteiger partial charge in [0.15, 0.2) is 0 Å². The van der Waals surface area contributed by atoms with Crippen LogP contribution in [0.5, 0.6) is 0 Å². The van der Waals surface area contributed by atoms with E-state index >= 15 is 0 Å². The van der Waals surface area contributed by atoms with E-state index in [2.05, 4.69) is 41.5 Å². The lowest BCUT2D eigenvalue weighted by molar-refractivity contribution is -0.248. The van der Waals surface area contributed by atoms with Crippen LogP contribution in [0.25, 0.3) is 0 Å². The molecule has 0 bridgehead atoms. The van der Waals surface area contributed by atoms with Crippen LogP contribution in [0.2, 0.25) is 0 Å². The molecule has 42 heavy (non-hydrogen) atoms. The van der Waals surface area contributed by atoms with Gasteiger partial charge in [-0.05, 0) is 73.5 Å². The molecule has 2 spiro atoms. The predicted molar refractivity (Wildman–Crippen MR) is 154 cm³/mol. The minimum Gasteiger partial charge on any atom is -0.481 e. The highest BCUT2D eigenvalue weighted by Crippen LogP contribution is 2.74. The van der Waals surface area contributed by atoms with E-state index < -0.39 is 35.7 Å². The van der Waals surface area contributed by atoms with Crippen molar-refractivity contribution in [2.45, 2.75) is 124 Å². The van der Waals surface area contributed by atoms with Crippen molar-refractivity contribution in [3.05, 3.63) is 11.1 Å². The number of hydrogen-bond donors (Lipinski definition) is 2. The van der Waals surface area contributed by atoms with Gasteiger partial charge < -0.3 is 24.4 Å². The Hall–Kier alpha value is -1.93. The molecular weight excluding hydrogens is 536 g/mol. The molecule has 6 aliphatic rings. The summed E-state index contributed by atoms with van der Waals surface area (Å²) in [4.78, 5) is 36.1. The lowest BCUT2D eigenvalue weighted by Crippen LogP contribution is -2.60. The summed E-state index contributed by atoms with van der Waals surface area (Å²) in [5, 5.41) is 21.4. The van der Waals surface area contributed by atoms with E-state index in [1.807, 2.05) is 6.92 Å². The normalized spacial score (nSPS) is 49.3. The zero-order chi connectivity index (χ0) is 30.6. The Labute approximate surface area is 249 Å². The number of rotatable bonds is 3. The molecule has 8 heteroatoms. The number of allylic oxidation sites excluding steroid dienone is 1. The molecule has 0 unspecified atom stereocenters. The Morgan fingerprint density at radius 3 is 2.38 bits per heavy atom. The first kappa shape index (κ1) is 30.1. The summed E-state index contributed by atoms with van der Waals surface area (Å²) in [7, 11) is 0. The third kappa shape index (κ3) is 3.82. The number of fused-ring (bicyclic) bond motifs is 3. The molecule has 4 fully saturated rings. The Bertz CT molecular complexity index is 1220. The van der Waals surface area contributed by atoms with Crippen LogP contribution in [-0.4, -0.2) is 52.7 Å². The van der Waals surface area contributed by atoms with Crippen molar-refractivity contribution in [1.82, 2.24) is 0 Å². The third-order valence-corrected chi connectivity index (χ3v) is 14.0. The van der Waals surface area contributed by atoms with Gasteiger partial charge in [0.25, 0.3) is 0 Å². The second-order valence-corrected chi connectivity index (χ2v) is 15.9. The SMILES string of the molecule is C[C@@H]1C[C@]2(OC[C@]34[C@H](O)CC5=C(CC[C@H]6C(C)(C)[C@H](OC(=O)CC(=O)O)CC[C@]56C)[C@]3(C)CC[C@H]14)OC(=O)[C@@H](C)[C@@H]2C. The van der Waals surface area contributed by atoms with Gasteiger partial charge in [-0.1, -0.05) is 59.6 Å². The van der Waals surface area contributed by atoms with Crippen LogP contribution in [0.4, 0.5) is 0 Å². The van der Waals surface area contributed by atoms with E-state index in [-0.39, 0.29) is 57.9 Å². The number of ether oxygens (including phenoxy) is 3. The van der Waals surface area contributed by atoms with Gasteiger partial charge in [-0.15, -0.1) is 0 Å². The second kappa shape index (κ2) is 9.53. The van der Waals surface area contributed by atoms with Crippen molar-refractivity contribution in [1.29, 1.82) is 0 Å². The summed E-state index contributed by atoms with van der Waals surface area (Å²) >= 11 is 0. The van der Waals surface area contributed by atoms with Gasteiger partial charge in [-0.25, -0.2) is 0 Å². The van der Waals surface area contributed by atoms with Gasteiger partial charge in [0.2, 0.25) is 5.79 Å². The lowest BCUT2D eigenvalue weighted by Gasteiger charge is -2.63. The molecule has 6 rings (SSSR count). The van der Waals surface area contributed by atoms with E-state index in [4.69, 9.17) is 19.3 Å². The van der Waals surface area contributed by atoms with Crippen LogP contribution in [0.15, 0.2) is 11.1 Å².